The van der Waals surface area contributed by atoms with E-state index in [0.29, 0.717) is 0 Å². The molecule has 0 aromatic rings. The third-order valence-corrected chi connectivity index (χ3v) is 4.02. The van der Waals surface area contributed by atoms with Crippen LogP contribution < -0.4 is 0 Å². The Hall–Kier alpha value is 0.290. The minimum absolute atomic E-state index is 0.881. The molecule has 70 valence electrons. The topological polar surface area (TPSA) is 0 Å². The van der Waals surface area contributed by atoms with Gasteiger partial charge in [-0.15, -0.1) is 11.6 Å². The molecule has 2 aliphatic rings. The summed E-state index contributed by atoms with van der Waals surface area (Å²) in [7, 11) is 0. The molecule has 0 heterocycles. The van der Waals surface area contributed by atoms with Crippen molar-refractivity contribution in [2.24, 2.45) is 17.8 Å². The van der Waals surface area contributed by atoms with E-state index in [9.17, 15) is 0 Å². The molecule has 0 bridgehead atoms. The van der Waals surface area contributed by atoms with Crippen LogP contribution in [-0.2, 0) is 0 Å². The van der Waals surface area contributed by atoms with Gasteiger partial charge in [0.25, 0.3) is 0 Å². The molecule has 2 aliphatic carbocycles. The van der Waals surface area contributed by atoms with Crippen LogP contribution in [-0.4, -0.2) is 5.88 Å². The zero-order valence-electron chi connectivity index (χ0n) is 7.77. The molecular weight excluding hydrogens is 168 g/mol. The molecule has 0 radical (unpaired) electrons. The summed E-state index contributed by atoms with van der Waals surface area (Å²) < 4.78 is 0. The first-order chi connectivity index (χ1) is 5.92. The number of alkyl halides is 1. The molecule has 0 spiro atoms. The van der Waals surface area contributed by atoms with E-state index in [1.54, 1.807) is 0 Å². The van der Waals surface area contributed by atoms with Gasteiger partial charge in [-0.1, -0.05) is 32.1 Å². The molecular formula is C11H19Cl. The SMILES string of the molecule is ClCC(C1CCCCC1)C1CC1. The Labute approximate surface area is 80.7 Å². The van der Waals surface area contributed by atoms with Gasteiger partial charge in [-0.25, -0.2) is 0 Å². The fourth-order valence-electron chi connectivity index (χ4n) is 2.72. The smallest absolute Gasteiger partial charge is 0.0257 e. The van der Waals surface area contributed by atoms with Crippen LogP contribution in [0.1, 0.15) is 44.9 Å². The molecule has 1 heteroatoms. The van der Waals surface area contributed by atoms with Crippen molar-refractivity contribution in [3.05, 3.63) is 0 Å². The zero-order valence-corrected chi connectivity index (χ0v) is 8.52. The lowest BCUT2D eigenvalue weighted by Crippen LogP contribution is -2.21. The summed E-state index contributed by atoms with van der Waals surface area (Å²) in [4.78, 5) is 0. The van der Waals surface area contributed by atoms with E-state index in [0.717, 1.165) is 23.6 Å². The normalized spacial score (nSPS) is 28.8. The lowest BCUT2D eigenvalue weighted by molar-refractivity contribution is 0.244. The third kappa shape index (κ3) is 1.96. The highest BCUT2D eigenvalue weighted by Gasteiger charge is 2.35. The van der Waals surface area contributed by atoms with E-state index in [4.69, 9.17) is 11.6 Å². The van der Waals surface area contributed by atoms with Crippen molar-refractivity contribution in [1.29, 1.82) is 0 Å². The molecule has 2 saturated carbocycles. The molecule has 0 aliphatic heterocycles. The van der Waals surface area contributed by atoms with Crippen LogP contribution in [0.4, 0.5) is 0 Å². The molecule has 0 aromatic heterocycles. The highest BCUT2D eigenvalue weighted by atomic mass is 35.5. The molecule has 0 nitrogen and oxygen atoms in total. The lowest BCUT2D eigenvalue weighted by Gasteiger charge is -2.28. The van der Waals surface area contributed by atoms with Gasteiger partial charge in [0.15, 0.2) is 0 Å². The van der Waals surface area contributed by atoms with E-state index >= 15 is 0 Å². The van der Waals surface area contributed by atoms with Gasteiger partial charge in [0.2, 0.25) is 0 Å². The summed E-state index contributed by atoms with van der Waals surface area (Å²) in [5.41, 5.74) is 0. The van der Waals surface area contributed by atoms with Gasteiger partial charge in [0.1, 0.15) is 0 Å². The van der Waals surface area contributed by atoms with Gasteiger partial charge in [0.05, 0.1) is 0 Å². The fourth-order valence-corrected chi connectivity index (χ4v) is 3.23. The van der Waals surface area contributed by atoms with E-state index in [2.05, 4.69) is 0 Å². The summed E-state index contributed by atoms with van der Waals surface area (Å²) in [6, 6.07) is 0. The highest BCUT2D eigenvalue weighted by Crippen LogP contribution is 2.45. The molecule has 2 fully saturated rings. The first-order valence-electron chi connectivity index (χ1n) is 5.48. The van der Waals surface area contributed by atoms with E-state index in [1.807, 2.05) is 0 Å². The van der Waals surface area contributed by atoms with Gasteiger partial charge in [0, 0.05) is 5.88 Å². The predicted molar refractivity (Wildman–Crippen MR) is 53.5 cm³/mol. The average molecular weight is 187 g/mol. The van der Waals surface area contributed by atoms with Gasteiger partial charge in [-0.05, 0) is 30.6 Å². The molecule has 0 saturated heterocycles. The van der Waals surface area contributed by atoms with Gasteiger partial charge < -0.3 is 0 Å². The van der Waals surface area contributed by atoms with E-state index in [-0.39, 0.29) is 0 Å². The van der Waals surface area contributed by atoms with Gasteiger partial charge >= 0.3 is 0 Å². The van der Waals surface area contributed by atoms with Crippen LogP contribution in [0.25, 0.3) is 0 Å². The first-order valence-corrected chi connectivity index (χ1v) is 6.01. The largest absolute Gasteiger partial charge is 0.126 e. The summed E-state index contributed by atoms with van der Waals surface area (Å²) >= 11 is 6.04. The minimum atomic E-state index is 0.881. The summed E-state index contributed by atoms with van der Waals surface area (Å²) in [5, 5.41) is 0. The molecule has 12 heavy (non-hydrogen) atoms. The van der Waals surface area contributed by atoms with Crippen molar-refractivity contribution >= 4 is 11.6 Å². The molecule has 1 atom stereocenters. The number of hydrogen-bond acceptors (Lipinski definition) is 0. The van der Waals surface area contributed by atoms with Crippen molar-refractivity contribution in [2.75, 3.05) is 5.88 Å². The predicted octanol–water partition coefficient (Wildman–Crippen LogP) is 3.83. The van der Waals surface area contributed by atoms with Gasteiger partial charge in [-0.3, -0.25) is 0 Å². The van der Waals surface area contributed by atoms with Crippen LogP contribution in [0.15, 0.2) is 0 Å². The molecule has 1 unspecified atom stereocenters. The van der Waals surface area contributed by atoms with Gasteiger partial charge in [-0.2, -0.15) is 0 Å². The Kier molecular flexibility index (Phi) is 2.96. The number of halogens is 1. The number of hydrogen-bond donors (Lipinski definition) is 0. The monoisotopic (exact) mass is 186 g/mol. The Morgan fingerprint density at radius 3 is 2.00 bits per heavy atom. The fraction of sp³-hybridized carbons (Fsp3) is 1.00. The van der Waals surface area contributed by atoms with Crippen LogP contribution >= 0.6 is 11.6 Å². The molecule has 2 rings (SSSR count). The minimum Gasteiger partial charge on any atom is -0.126 e. The summed E-state index contributed by atoms with van der Waals surface area (Å²) in [5.74, 6) is 3.82. The molecule has 0 aromatic carbocycles. The van der Waals surface area contributed by atoms with E-state index in [1.165, 1.54) is 44.9 Å². The highest BCUT2D eigenvalue weighted by molar-refractivity contribution is 6.18. The quantitative estimate of drug-likeness (QED) is 0.588. The maximum absolute atomic E-state index is 6.04. The van der Waals surface area contributed by atoms with Crippen LogP contribution in [0.3, 0.4) is 0 Å². The second kappa shape index (κ2) is 4.00. The van der Waals surface area contributed by atoms with Crippen molar-refractivity contribution < 1.29 is 0 Å². The Bertz CT molecular complexity index is 134. The van der Waals surface area contributed by atoms with Crippen molar-refractivity contribution in [1.82, 2.24) is 0 Å². The van der Waals surface area contributed by atoms with Crippen LogP contribution in [0, 0.1) is 17.8 Å². The Morgan fingerprint density at radius 2 is 1.50 bits per heavy atom. The van der Waals surface area contributed by atoms with Crippen LogP contribution in [0.5, 0.6) is 0 Å². The second-order valence-electron chi connectivity index (χ2n) is 4.55. The summed E-state index contributed by atoms with van der Waals surface area (Å²) in [6.07, 6.45) is 10.3. The van der Waals surface area contributed by atoms with Crippen molar-refractivity contribution in [2.45, 2.75) is 44.9 Å². The standard InChI is InChI=1S/C11H19Cl/c12-8-11(10-6-7-10)9-4-2-1-3-5-9/h9-11H,1-8H2. The first kappa shape index (κ1) is 8.87. The molecule has 0 N–H and O–H groups in total. The Balaban J connectivity index is 1.85. The van der Waals surface area contributed by atoms with Crippen molar-refractivity contribution in [3.8, 4) is 0 Å². The van der Waals surface area contributed by atoms with Crippen molar-refractivity contribution in [3.63, 3.8) is 0 Å². The maximum atomic E-state index is 6.04. The summed E-state index contributed by atoms with van der Waals surface area (Å²) in [6.45, 7) is 0. The maximum Gasteiger partial charge on any atom is 0.0257 e. The molecule has 0 amide bonds. The Morgan fingerprint density at radius 1 is 0.917 bits per heavy atom. The average Bonchev–Trinajstić information content (AvgIpc) is 2.92. The zero-order chi connectivity index (χ0) is 8.39. The second-order valence-corrected chi connectivity index (χ2v) is 4.86. The van der Waals surface area contributed by atoms with Crippen LogP contribution in [0.2, 0.25) is 0 Å². The number of rotatable bonds is 3. The lowest BCUT2D eigenvalue weighted by atomic mass is 9.79. The third-order valence-electron chi connectivity index (χ3n) is 3.66. The van der Waals surface area contributed by atoms with E-state index < -0.39 is 0 Å².